The predicted octanol–water partition coefficient (Wildman–Crippen LogP) is 3.23. The number of rotatable bonds is 3. The Labute approximate surface area is 125 Å². The van der Waals surface area contributed by atoms with E-state index in [1.807, 2.05) is 42.5 Å². The van der Waals surface area contributed by atoms with Crippen LogP contribution in [-0.4, -0.2) is 18.0 Å². The third kappa shape index (κ3) is 3.08. The van der Waals surface area contributed by atoms with Crippen LogP contribution in [0.2, 0.25) is 0 Å². The normalized spacial score (nSPS) is 17.6. The van der Waals surface area contributed by atoms with Gasteiger partial charge in [-0.2, -0.15) is 0 Å². The summed E-state index contributed by atoms with van der Waals surface area (Å²) in [6.07, 6.45) is 5.60. The van der Waals surface area contributed by atoms with E-state index in [2.05, 4.69) is 5.32 Å². The molecule has 0 saturated heterocycles. The standard InChI is InChI=1S/C18H22N2O/c19-18(11-4-1-5-12-18)13-20-17(21)16-10-6-8-14-7-2-3-9-15(14)16/h2-3,6-10H,1,4-5,11-13,19H2,(H,20,21). The van der Waals surface area contributed by atoms with Gasteiger partial charge in [0.05, 0.1) is 0 Å². The van der Waals surface area contributed by atoms with Crippen molar-refractivity contribution in [2.45, 2.75) is 37.6 Å². The lowest BCUT2D eigenvalue weighted by atomic mass is 9.82. The monoisotopic (exact) mass is 282 g/mol. The van der Waals surface area contributed by atoms with Crippen molar-refractivity contribution in [1.82, 2.24) is 5.32 Å². The van der Waals surface area contributed by atoms with E-state index in [0.717, 1.165) is 29.2 Å². The van der Waals surface area contributed by atoms with Gasteiger partial charge in [0.1, 0.15) is 0 Å². The summed E-state index contributed by atoms with van der Waals surface area (Å²) in [5.41, 5.74) is 6.89. The summed E-state index contributed by atoms with van der Waals surface area (Å²) in [5, 5.41) is 5.12. The van der Waals surface area contributed by atoms with Gasteiger partial charge in [0.2, 0.25) is 0 Å². The van der Waals surface area contributed by atoms with Crippen molar-refractivity contribution in [3.05, 3.63) is 48.0 Å². The maximum Gasteiger partial charge on any atom is 0.251 e. The van der Waals surface area contributed by atoms with E-state index in [1.165, 1.54) is 19.3 Å². The fourth-order valence-electron chi connectivity index (χ4n) is 3.21. The summed E-state index contributed by atoms with van der Waals surface area (Å²) in [4.78, 5) is 12.5. The molecule has 21 heavy (non-hydrogen) atoms. The zero-order valence-electron chi connectivity index (χ0n) is 12.3. The second-order valence-corrected chi connectivity index (χ2v) is 6.13. The molecule has 1 aliphatic carbocycles. The highest BCUT2D eigenvalue weighted by Crippen LogP contribution is 2.25. The van der Waals surface area contributed by atoms with E-state index in [-0.39, 0.29) is 11.4 Å². The first kappa shape index (κ1) is 14.1. The van der Waals surface area contributed by atoms with Gasteiger partial charge in [0.25, 0.3) is 5.91 Å². The number of carbonyl (C=O) groups is 1. The molecule has 2 aromatic rings. The quantitative estimate of drug-likeness (QED) is 0.908. The molecule has 3 heteroatoms. The molecular formula is C18H22N2O. The number of hydrogen-bond donors (Lipinski definition) is 2. The van der Waals surface area contributed by atoms with Gasteiger partial charge in [-0.15, -0.1) is 0 Å². The van der Waals surface area contributed by atoms with Crippen molar-refractivity contribution in [3.8, 4) is 0 Å². The van der Waals surface area contributed by atoms with Gasteiger partial charge < -0.3 is 11.1 Å². The van der Waals surface area contributed by atoms with Gasteiger partial charge in [0.15, 0.2) is 0 Å². The van der Waals surface area contributed by atoms with Crippen LogP contribution in [0, 0.1) is 0 Å². The Bertz CT molecular complexity index is 639. The lowest BCUT2D eigenvalue weighted by molar-refractivity contribution is 0.0939. The highest BCUT2D eigenvalue weighted by molar-refractivity contribution is 6.07. The molecule has 0 bridgehead atoms. The molecule has 0 aromatic heterocycles. The Hall–Kier alpha value is -1.87. The molecule has 2 aromatic carbocycles. The van der Waals surface area contributed by atoms with Crippen molar-refractivity contribution in [3.63, 3.8) is 0 Å². The summed E-state index contributed by atoms with van der Waals surface area (Å²) < 4.78 is 0. The summed E-state index contributed by atoms with van der Waals surface area (Å²) >= 11 is 0. The van der Waals surface area contributed by atoms with E-state index in [4.69, 9.17) is 5.73 Å². The molecule has 1 aliphatic rings. The van der Waals surface area contributed by atoms with Crippen LogP contribution in [0.4, 0.5) is 0 Å². The molecule has 3 N–H and O–H groups in total. The minimum absolute atomic E-state index is 0.0257. The molecule has 1 fully saturated rings. The molecule has 3 rings (SSSR count). The van der Waals surface area contributed by atoms with Crippen LogP contribution >= 0.6 is 0 Å². The third-order valence-corrected chi connectivity index (χ3v) is 4.48. The first-order valence-electron chi connectivity index (χ1n) is 7.73. The van der Waals surface area contributed by atoms with Crippen LogP contribution in [-0.2, 0) is 0 Å². The maximum atomic E-state index is 12.5. The van der Waals surface area contributed by atoms with Crippen molar-refractivity contribution < 1.29 is 4.79 Å². The highest BCUT2D eigenvalue weighted by Gasteiger charge is 2.27. The van der Waals surface area contributed by atoms with E-state index in [1.54, 1.807) is 0 Å². The second-order valence-electron chi connectivity index (χ2n) is 6.13. The number of amides is 1. The van der Waals surface area contributed by atoms with Gasteiger partial charge >= 0.3 is 0 Å². The Morgan fingerprint density at radius 1 is 1.05 bits per heavy atom. The molecule has 3 nitrogen and oxygen atoms in total. The lowest BCUT2D eigenvalue weighted by Crippen LogP contribution is -2.51. The first-order chi connectivity index (χ1) is 10.2. The van der Waals surface area contributed by atoms with E-state index in [0.29, 0.717) is 6.54 Å². The minimum atomic E-state index is -0.224. The van der Waals surface area contributed by atoms with Crippen molar-refractivity contribution in [2.24, 2.45) is 5.73 Å². The summed E-state index contributed by atoms with van der Waals surface area (Å²) in [6.45, 7) is 0.565. The van der Waals surface area contributed by atoms with Crippen LogP contribution in [0.5, 0.6) is 0 Å². The average Bonchev–Trinajstić information content (AvgIpc) is 2.53. The van der Waals surface area contributed by atoms with Gasteiger partial charge in [0, 0.05) is 17.6 Å². The molecule has 0 aliphatic heterocycles. The Kier molecular flexibility index (Phi) is 3.93. The topological polar surface area (TPSA) is 55.1 Å². The van der Waals surface area contributed by atoms with Gasteiger partial charge in [-0.3, -0.25) is 4.79 Å². The Balaban J connectivity index is 1.75. The second kappa shape index (κ2) is 5.86. The number of nitrogens with two attached hydrogens (primary N) is 1. The molecule has 0 radical (unpaired) electrons. The molecule has 1 saturated carbocycles. The van der Waals surface area contributed by atoms with Gasteiger partial charge in [-0.25, -0.2) is 0 Å². The van der Waals surface area contributed by atoms with Crippen LogP contribution < -0.4 is 11.1 Å². The third-order valence-electron chi connectivity index (χ3n) is 4.48. The number of nitrogens with one attached hydrogen (secondary N) is 1. The summed E-state index contributed by atoms with van der Waals surface area (Å²) in [6, 6.07) is 13.8. The van der Waals surface area contributed by atoms with E-state index >= 15 is 0 Å². The van der Waals surface area contributed by atoms with Gasteiger partial charge in [-0.05, 0) is 29.7 Å². The van der Waals surface area contributed by atoms with Crippen LogP contribution in [0.3, 0.4) is 0 Å². The van der Waals surface area contributed by atoms with E-state index < -0.39 is 0 Å². The Morgan fingerprint density at radius 2 is 1.76 bits per heavy atom. The predicted molar refractivity (Wildman–Crippen MR) is 86.3 cm³/mol. The summed E-state index contributed by atoms with van der Waals surface area (Å²) in [5.74, 6) is -0.0257. The zero-order chi connectivity index (χ0) is 14.7. The molecule has 0 unspecified atom stereocenters. The van der Waals surface area contributed by atoms with Crippen molar-refractivity contribution in [1.29, 1.82) is 0 Å². The number of hydrogen-bond acceptors (Lipinski definition) is 2. The van der Waals surface area contributed by atoms with Crippen LogP contribution in [0.1, 0.15) is 42.5 Å². The molecule has 0 heterocycles. The number of fused-ring (bicyclic) bond motifs is 1. The highest BCUT2D eigenvalue weighted by atomic mass is 16.1. The van der Waals surface area contributed by atoms with Crippen molar-refractivity contribution in [2.75, 3.05) is 6.54 Å². The lowest BCUT2D eigenvalue weighted by Gasteiger charge is -2.33. The maximum absolute atomic E-state index is 12.5. The number of carbonyl (C=O) groups excluding carboxylic acids is 1. The SMILES string of the molecule is NC1(CNC(=O)c2cccc3ccccc23)CCCCC1. The van der Waals surface area contributed by atoms with Crippen LogP contribution in [0.15, 0.2) is 42.5 Å². The van der Waals surface area contributed by atoms with Crippen LogP contribution in [0.25, 0.3) is 10.8 Å². The first-order valence-corrected chi connectivity index (χ1v) is 7.73. The summed E-state index contributed by atoms with van der Waals surface area (Å²) in [7, 11) is 0. The van der Waals surface area contributed by atoms with Gasteiger partial charge in [-0.1, -0.05) is 55.7 Å². The smallest absolute Gasteiger partial charge is 0.251 e. The van der Waals surface area contributed by atoms with E-state index in [9.17, 15) is 4.79 Å². The largest absolute Gasteiger partial charge is 0.350 e. The minimum Gasteiger partial charge on any atom is -0.350 e. The fourth-order valence-corrected chi connectivity index (χ4v) is 3.21. The average molecular weight is 282 g/mol. The van der Waals surface area contributed by atoms with Crippen molar-refractivity contribution >= 4 is 16.7 Å². The molecule has 110 valence electrons. The number of benzene rings is 2. The Morgan fingerprint density at radius 3 is 2.57 bits per heavy atom. The molecule has 0 spiro atoms. The molecule has 0 atom stereocenters. The molecule has 1 amide bonds. The molecular weight excluding hydrogens is 260 g/mol. The fraction of sp³-hybridized carbons (Fsp3) is 0.389. The zero-order valence-corrected chi connectivity index (χ0v) is 12.3.